The molecule has 0 aromatic heterocycles. The Labute approximate surface area is 123 Å². The first kappa shape index (κ1) is 17.0. The van der Waals surface area contributed by atoms with Crippen molar-refractivity contribution in [2.24, 2.45) is 0 Å². The van der Waals surface area contributed by atoms with E-state index in [1.54, 1.807) is 0 Å². The molecule has 0 aliphatic rings. The summed E-state index contributed by atoms with van der Waals surface area (Å²) < 4.78 is 26.5. The molecule has 1 rings (SSSR count). The highest BCUT2D eigenvalue weighted by Gasteiger charge is 2.10. The summed E-state index contributed by atoms with van der Waals surface area (Å²) in [7, 11) is -3.26. The second kappa shape index (κ2) is 7.64. The number of nitrogens with one attached hydrogen (secondary N) is 2. The van der Waals surface area contributed by atoms with E-state index in [-0.39, 0.29) is 5.75 Å². The molecule has 0 aliphatic heterocycles. The molecular weight excluding hydrogens is 272 g/mol. The van der Waals surface area contributed by atoms with Gasteiger partial charge in [-0.3, -0.25) is 4.72 Å². The van der Waals surface area contributed by atoms with Crippen molar-refractivity contribution < 1.29 is 8.42 Å². The third-order valence-electron chi connectivity index (χ3n) is 2.99. The van der Waals surface area contributed by atoms with Gasteiger partial charge < -0.3 is 5.32 Å². The molecule has 0 fully saturated rings. The fourth-order valence-corrected chi connectivity index (χ4v) is 2.94. The van der Waals surface area contributed by atoms with Crippen molar-refractivity contribution in [3.05, 3.63) is 29.8 Å². The van der Waals surface area contributed by atoms with Gasteiger partial charge in [-0.15, -0.1) is 0 Å². The van der Waals surface area contributed by atoms with Crippen molar-refractivity contribution in [2.45, 2.75) is 46.1 Å². The Morgan fingerprint density at radius 1 is 1.05 bits per heavy atom. The number of benzene rings is 1. The van der Waals surface area contributed by atoms with Gasteiger partial charge in [0.2, 0.25) is 10.0 Å². The standard InChI is InChI=1S/C15H26N2O2S/c1-12(2)14-6-8-15(9-7-14)17-20(18,19)11-5-10-16-13(3)4/h6-9,12-13,16-17H,5,10-11H2,1-4H3. The molecule has 1 aromatic carbocycles. The van der Waals surface area contributed by atoms with E-state index < -0.39 is 10.0 Å². The van der Waals surface area contributed by atoms with Crippen LogP contribution in [0.3, 0.4) is 0 Å². The fraction of sp³-hybridized carbons (Fsp3) is 0.600. The van der Waals surface area contributed by atoms with Gasteiger partial charge >= 0.3 is 0 Å². The van der Waals surface area contributed by atoms with Crippen LogP contribution < -0.4 is 10.0 Å². The predicted molar refractivity (Wildman–Crippen MR) is 85.7 cm³/mol. The molecule has 2 N–H and O–H groups in total. The van der Waals surface area contributed by atoms with Crippen LogP contribution in [0.2, 0.25) is 0 Å². The third-order valence-corrected chi connectivity index (χ3v) is 4.37. The van der Waals surface area contributed by atoms with Gasteiger partial charge in [0.15, 0.2) is 0 Å². The lowest BCUT2D eigenvalue weighted by Gasteiger charge is -2.11. The van der Waals surface area contributed by atoms with Crippen LogP contribution in [0.15, 0.2) is 24.3 Å². The summed E-state index contributed by atoms with van der Waals surface area (Å²) in [5, 5.41) is 3.21. The highest BCUT2D eigenvalue weighted by Crippen LogP contribution is 2.17. The molecule has 4 nitrogen and oxygen atoms in total. The van der Waals surface area contributed by atoms with Gasteiger partial charge in [-0.2, -0.15) is 0 Å². The maximum atomic E-state index is 11.9. The Morgan fingerprint density at radius 3 is 2.15 bits per heavy atom. The van der Waals surface area contributed by atoms with Crippen LogP contribution >= 0.6 is 0 Å². The summed E-state index contributed by atoms with van der Waals surface area (Å²) in [6.07, 6.45) is 0.609. The van der Waals surface area contributed by atoms with Gasteiger partial charge in [-0.25, -0.2) is 8.42 Å². The average molecular weight is 298 g/mol. The summed E-state index contributed by atoms with van der Waals surface area (Å²) in [6, 6.07) is 7.94. The van der Waals surface area contributed by atoms with E-state index in [1.165, 1.54) is 5.56 Å². The first-order valence-corrected chi connectivity index (χ1v) is 8.79. The minimum Gasteiger partial charge on any atom is -0.314 e. The Kier molecular flexibility index (Phi) is 6.49. The zero-order chi connectivity index (χ0) is 15.2. The monoisotopic (exact) mass is 298 g/mol. The molecule has 0 saturated carbocycles. The van der Waals surface area contributed by atoms with Crippen LogP contribution in [0, 0.1) is 0 Å². The van der Waals surface area contributed by atoms with Crippen LogP contribution in [-0.4, -0.2) is 26.8 Å². The van der Waals surface area contributed by atoms with Crippen molar-refractivity contribution in [3.63, 3.8) is 0 Å². The van der Waals surface area contributed by atoms with E-state index in [0.29, 0.717) is 30.6 Å². The maximum absolute atomic E-state index is 11.9. The third kappa shape index (κ3) is 6.39. The molecule has 1 aromatic rings. The van der Waals surface area contributed by atoms with E-state index in [1.807, 2.05) is 38.1 Å². The quantitative estimate of drug-likeness (QED) is 0.725. The second-order valence-corrected chi connectivity index (χ2v) is 7.50. The molecule has 20 heavy (non-hydrogen) atoms. The first-order chi connectivity index (χ1) is 9.30. The summed E-state index contributed by atoms with van der Waals surface area (Å²) in [5.41, 5.74) is 1.83. The van der Waals surface area contributed by atoms with Crippen molar-refractivity contribution in [2.75, 3.05) is 17.0 Å². The predicted octanol–water partition coefficient (Wildman–Crippen LogP) is 2.94. The molecule has 114 valence electrons. The van der Waals surface area contributed by atoms with E-state index in [2.05, 4.69) is 23.9 Å². The zero-order valence-electron chi connectivity index (χ0n) is 12.8. The molecule has 0 bridgehead atoms. The number of anilines is 1. The summed E-state index contributed by atoms with van der Waals surface area (Å²) >= 11 is 0. The molecular formula is C15H26N2O2S. The number of hydrogen-bond acceptors (Lipinski definition) is 3. The Morgan fingerprint density at radius 2 is 1.65 bits per heavy atom. The summed E-state index contributed by atoms with van der Waals surface area (Å²) in [6.45, 7) is 9.03. The van der Waals surface area contributed by atoms with Crippen molar-refractivity contribution in [1.82, 2.24) is 5.32 Å². The maximum Gasteiger partial charge on any atom is 0.232 e. The van der Waals surface area contributed by atoms with Crippen LogP contribution in [0.4, 0.5) is 5.69 Å². The van der Waals surface area contributed by atoms with Gasteiger partial charge in [0.05, 0.1) is 5.75 Å². The molecule has 0 heterocycles. The molecule has 0 saturated heterocycles. The van der Waals surface area contributed by atoms with Crippen molar-refractivity contribution in [3.8, 4) is 0 Å². The smallest absolute Gasteiger partial charge is 0.232 e. The van der Waals surface area contributed by atoms with Crippen molar-refractivity contribution >= 4 is 15.7 Å². The number of rotatable bonds is 8. The first-order valence-electron chi connectivity index (χ1n) is 7.14. The topological polar surface area (TPSA) is 58.2 Å². The fourth-order valence-electron chi connectivity index (χ4n) is 1.82. The van der Waals surface area contributed by atoms with E-state index in [4.69, 9.17) is 0 Å². The van der Waals surface area contributed by atoms with Crippen LogP contribution in [0.5, 0.6) is 0 Å². The molecule has 0 atom stereocenters. The van der Waals surface area contributed by atoms with E-state index in [9.17, 15) is 8.42 Å². The van der Waals surface area contributed by atoms with Crippen molar-refractivity contribution in [1.29, 1.82) is 0 Å². The van der Waals surface area contributed by atoms with Gasteiger partial charge in [0.1, 0.15) is 0 Å². The van der Waals surface area contributed by atoms with Gasteiger partial charge in [0, 0.05) is 11.7 Å². The lowest BCUT2D eigenvalue weighted by molar-refractivity contribution is 0.571. The van der Waals surface area contributed by atoms with Gasteiger partial charge in [-0.1, -0.05) is 39.8 Å². The average Bonchev–Trinajstić information content (AvgIpc) is 2.34. The van der Waals surface area contributed by atoms with E-state index in [0.717, 1.165) is 0 Å². The molecule has 0 radical (unpaired) electrons. The highest BCUT2D eigenvalue weighted by molar-refractivity contribution is 7.92. The Bertz CT molecular complexity index is 493. The molecule has 0 amide bonds. The molecule has 0 aliphatic carbocycles. The lowest BCUT2D eigenvalue weighted by Crippen LogP contribution is -2.26. The summed E-state index contributed by atoms with van der Waals surface area (Å²) in [4.78, 5) is 0. The highest BCUT2D eigenvalue weighted by atomic mass is 32.2. The number of hydrogen-bond donors (Lipinski definition) is 2. The minimum atomic E-state index is -3.26. The van der Waals surface area contributed by atoms with Crippen LogP contribution in [-0.2, 0) is 10.0 Å². The molecule has 5 heteroatoms. The normalized spacial score (nSPS) is 12.1. The second-order valence-electron chi connectivity index (χ2n) is 5.66. The SMILES string of the molecule is CC(C)NCCCS(=O)(=O)Nc1ccc(C(C)C)cc1. The largest absolute Gasteiger partial charge is 0.314 e. The summed E-state index contributed by atoms with van der Waals surface area (Å²) in [5.74, 6) is 0.585. The van der Waals surface area contributed by atoms with Crippen LogP contribution in [0.25, 0.3) is 0 Å². The Balaban J connectivity index is 2.49. The minimum absolute atomic E-state index is 0.138. The number of sulfonamides is 1. The zero-order valence-corrected chi connectivity index (χ0v) is 13.6. The van der Waals surface area contributed by atoms with E-state index >= 15 is 0 Å². The lowest BCUT2D eigenvalue weighted by atomic mass is 10.0. The van der Waals surface area contributed by atoms with Gasteiger partial charge in [0.25, 0.3) is 0 Å². The molecule has 0 unspecified atom stereocenters. The van der Waals surface area contributed by atoms with Crippen LogP contribution in [0.1, 0.15) is 45.6 Å². The Hall–Kier alpha value is -1.07. The molecule has 0 spiro atoms. The van der Waals surface area contributed by atoms with Gasteiger partial charge in [-0.05, 0) is 36.6 Å².